The van der Waals surface area contributed by atoms with E-state index >= 15 is 0 Å². The Morgan fingerprint density at radius 1 is 1.11 bits per heavy atom. The van der Waals surface area contributed by atoms with Gasteiger partial charge in [0.05, 0.1) is 37.3 Å². The van der Waals surface area contributed by atoms with Gasteiger partial charge in [-0.15, -0.1) is 0 Å². The van der Waals surface area contributed by atoms with Gasteiger partial charge in [-0.2, -0.15) is 23.0 Å². The number of hydrogen-bond acceptors (Lipinski definition) is 7. The number of methoxy groups -OCH3 is 2. The average Bonchev–Trinajstić information content (AvgIpc) is 3.34. The van der Waals surface area contributed by atoms with Crippen LogP contribution in [0.3, 0.4) is 0 Å². The summed E-state index contributed by atoms with van der Waals surface area (Å²) in [6.45, 7) is 1.31. The van der Waals surface area contributed by atoms with Crippen LogP contribution in [-0.4, -0.2) is 54.8 Å². The highest BCUT2D eigenvalue weighted by Gasteiger charge is 2.36. The number of alkyl halides is 3. The fraction of sp³-hybridized carbons (Fsp3) is 0.385. The molecule has 0 radical (unpaired) electrons. The van der Waals surface area contributed by atoms with E-state index in [0.29, 0.717) is 66.5 Å². The van der Waals surface area contributed by atoms with E-state index in [1.807, 2.05) is 0 Å². The molecular weight excluding hydrogens is 489 g/mol. The molecule has 196 valence electrons. The first kappa shape index (κ1) is 24.9. The summed E-state index contributed by atoms with van der Waals surface area (Å²) < 4.78 is 54.0. The highest BCUT2D eigenvalue weighted by atomic mass is 19.4. The van der Waals surface area contributed by atoms with Crippen molar-refractivity contribution in [3.63, 3.8) is 0 Å². The Balaban J connectivity index is 1.77. The maximum Gasteiger partial charge on any atom is 0.418 e. The Morgan fingerprint density at radius 3 is 2.46 bits per heavy atom. The van der Waals surface area contributed by atoms with Gasteiger partial charge in [0.2, 0.25) is 0 Å². The van der Waals surface area contributed by atoms with Crippen LogP contribution in [0.25, 0.3) is 16.9 Å². The molecule has 2 N–H and O–H groups in total. The molecule has 2 aliphatic rings. The zero-order valence-electron chi connectivity index (χ0n) is 20.4. The quantitative estimate of drug-likeness (QED) is 0.532. The predicted octanol–water partition coefficient (Wildman–Crippen LogP) is 3.86. The molecule has 8 nitrogen and oxygen atoms in total. The van der Waals surface area contributed by atoms with E-state index in [9.17, 15) is 23.1 Å². The second-order valence-corrected chi connectivity index (χ2v) is 9.14. The van der Waals surface area contributed by atoms with Crippen molar-refractivity contribution in [1.82, 2.24) is 9.78 Å². The third-order valence-corrected chi connectivity index (χ3v) is 6.77. The third-order valence-electron chi connectivity index (χ3n) is 6.77. The molecule has 1 aromatic heterocycles. The largest absolute Gasteiger partial charge is 0.497 e. The summed E-state index contributed by atoms with van der Waals surface area (Å²) in [5.41, 5.74) is 0.258. The Labute approximate surface area is 211 Å². The van der Waals surface area contributed by atoms with Crippen molar-refractivity contribution in [3.05, 3.63) is 57.9 Å². The van der Waals surface area contributed by atoms with E-state index < -0.39 is 23.4 Å². The molecule has 0 aliphatic carbocycles. The Morgan fingerprint density at radius 2 is 1.84 bits per heavy atom. The number of benzene rings is 2. The summed E-state index contributed by atoms with van der Waals surface area (Å²) in [5.74, 6) is 0.967. The lowest BCUT2D eigenvalue weighted by Gasteiger charge is -2.24. The monoisotopic (exact) mass is 516 g/mol. The maximum absolute atomic E-state index is 14.2. The molecule has 1 fully saturated rings. The number of fused-ring (bicyclic) bond motifs is 1. The molecule has 11 heteroatoms. The van der Waals surface area contributed by atoms with E-state index in [1.54, 1.807) is 23.1 Å². The molecule has 0 saturated carbocycles. The minimum Gasteiger partial charge on any atom is -0.497 e. The summed E-state index contributed by atoms with van der Waals surface area (Å²) in [7, 11) is 3.00. The zero-order valence-corrected chi connectivity index (χ0v) is 20.4. The number of halogens is 3. The van der Waals surface area contributed by atoms with Crippen molar-refractivity contribution in [1.29, 1.82) is 0 Å². The topological polar surface area (TPSA) is 88.8 Å². The van der Waals surface area contributed by atoms with Crippen LogP contribution in [0.4, 0.5) is 24.5 Å². The minimum atomic E-state index is -4.72. The highest BCUT2D eigenvalue weighted by molar-refractivity contribution is 5.73. The van der Waals surface area contributed by atoms with Gasteiger partial charge in [0.25, 0.3) is 5.56 Å². The average molecular weight is 517 g/mol. The molecule has 2 aromatic carbocycles. The van der Waals surface area contributed by atoms with Crippen LogP contribution in [0.15, 0.2) is 41.2 Å². The van der Waals surface area contributed by atoms with Crippen LogP contribution >= 0.6 is 0 Å². The van der Waals surface area contributed by atoms with E-state index in [0.717, 1.165) is 17.2 Å². The fourth-order valence-corrected chi connectivity index (χ4v) is 4.91. The highest BCUT2D eigenvalue weighted by Crippen LogP contribution is 2.38. The number of ether oxygens (including phenoxy) is 2. The lowest BCUT2D eigenvalue weighted by Crippen LogP contribution is -2.31. The minimum absolute atomic E-state index is 0.230. The molecule has 0 bridgehead atoms. The predicted molar refractivity (Wildman–Crippen MR) is 133 cm³/mol. The van der Waals surface area contributed by atoms with Gasteiger partial charge < -0.3 is 24.8 Å². The van der Waals surface area contributed by atoms with E-state index in [1.165, 1.54) is 26.4 Å². The van der Waals surface area contributed by atoms with Crippen molar-refractivity contribution in [2.75, 3.05) is 44.1 Å². The molecule has 5 rings (SSSR count). The van der Waals surface area contributed by atoms with E-state index in [2.05, 4.69) is 10.4 Å². The van der Waals surface area contributed by atoms with Gasteiger partial charge in [-0.3, -0.25) is 4.79 Å². The normalized spacial score (nSPS) is 17.4. The number of nitrogens with one attached hydrogen (secondary N) is 1. The summed E-state index contributed by atoms with van der Waals surface area (Å²) >= 11 is 0. The number of aliphatic hydroxyl groups is 1. The molecule has 0 amide bonds. The number of nitrogens with zero attached hydrogens (tertiary/aromatic N) is 3. The lowest BCUT2D eigenvalue weighted by atomic mass is 9.98. The van der Waals surface area contributed by atoms with Gasteiger partial charge in [0, 0.05) is 42.5 Å². The van der Waals surface area contributed by atoms with Gasteiger partial charge in [-0.05, 0) is 49.6 Å². The molecule has 0 spiro atoms. The Hall–Kier alpha value is -3.73. The smallest absolute Gasteiger partial charge is 0.418 e. The Kier molecular flexibility index (Phi) is 6.49. The van der Waals surface area contributed by atoms with Crippen molar-refractivity contribution in [2.24, 2.45) is 0 Å². The number of hydrogen-bond donors (Lipinski definition) is 2. The number of rotatable bonds is 5. The molecule has 1 atom stereocenters. The van der Waals surface area contributed by atoms with E-state index in [-0.39, 0.29) is 11.4 Å². The maximum atomic E-state index is 14.2. The van der Waals surface area contributed by atoms with Gasteiger partial charge in [-0.25, -0.2) is 0 Å². The first-order valence-corrected chi connectivity index (χ1v) is 12.0. The van der Waals surface area contributed by atoms with Crippen molar-refractivity contribution in [3.8, 4) is 28.4 Å². The van der Waals surface area contributed by atoms with Crippen LogP contribution in [0.1, 0.15) is 24.0 Å². The van der Waals surface area contributed by atoms with Gasteiger partial charge >= 0.3 is 6.18 Å². The van der Waals surface area contributed by atoms with Gasteiger partial charge in [-0.1, -0.05) is 0 Å². The summed E-state index contributed by atoms with van der Waals surface area (Å²) in [6, 6.07) is 8.74. The SMILES string of the molecule is COc1cc(OC)cc(-c2nn(-c3cc(N4CC[C@H](O)C4)ccc3C(F)(F)F)c(=O)c3c2CCCN3)c1. The summed E-state index contributed by atoms with van der Waals surface area (Å²) in [5, 5.41) is 17.5. The first-order chi connectivity index (χ1) is 17.7. The molecule has 3 heterocycles. The third kappa shape index (κ3) is 4.71. The number of aromatic nitrogens is 2. The second kappa shape index (κ2) is 9.62. The van der Waals surface area contributed by atoms with Gasteiger partial charge in [0.15, 0.2) is 0 Å². The Bertz CT molecular complexity index is 1370. The van der Waals surface area contributed by atoms with E-state index in [4.69, 9.17) is 9.47 Å². The standard InChI is InChI=1S/C26H27F3N4O4/c1-36-18-10-15(11-19(13-18)37-2)23-20-4-3-8-30-24(20)25(35)33(31-23)22-12-16(32-9-7-17(34)14-32)5-6-21(22)26(27,28)29/h5-6,10-13,17,30,34H,3-4,7-9,14H2,1-2H3/t17-/m0/s1. The van der Waals surface area contributed by atoms with Crippen LogP contribution in [0, 0.1) is 0 Å². The van der Waals surface area contributed by atoms with Crippen molar-refractivity contribution in [2.45, 2.75) is 31.5 Å². The molecule has 37 heavy (non-hydrogen) atoms. The van der Waals surface area contributed by atoms with Crippen LogP contribution in [0.5, 0.6) is 11.5 Å². The molecule has 0 unspecified atom stereocenters. The van der Waals surface area contributed by atoms with Crippen LogP contribution < -0.4 is 25.2 Å². The zero-order chi connectivity index (χ0) is 26.3. The first-order valence-electron chi connectivity index (χ1n) is 12.0. The summed E-state index contributed by atoms with van der Waals surface area (Å²) in [4.78, 5) is 15.4. The van der Waals surface area contributed by atoms with Crippen LogP contribution in [-0.2, 0) is 12.6 Å². The number of β-amino-alcohol motifs (C(OH)–C–C–N with tert-alkyl or cyclic N) is 1. The molecule has 1 saturated heterocycles. The van der Waals surface area contributed by atoms with Gasteiger partial charge in [0.1, 0.15) is 17.2 Å². The van der Waals surface area contributed by atoms with Crippen molar-refractivity contribution >= 4 is 11.4 Å². The molecular formula is C26H27F3N4O4. The summed E-state index contributed by atoms with van der Waals surface area (Å²) in [6.07, 6.45) is -3.49. The second-order valence-electron chi connectivity index (χ2n) is 9.14. The van der Waals surface area contributed by atoms with Crippen molar-refractivity contribution < 1.29 is 27.8 Å². The molecule has 3 aromatic rings. The number of aliphatic hydroxyl groups excluding tert-OH is 1. The lowest BCUT2D eigenvalue weighted by molar-refractivity contribution is -0.137. The number of anilines is 2. The fourth-order valence-electron chi connectivity index (χ4n) is 4.91. The van der Waals surface area contributed by atoms with Crippen LogP contribution in [0.2, 0.25) is 0 Å². The molecule has 2 aliphatic heterocycles.